The molecule has 0 spiro atoms. The minimum absolute atomic E-state index is 0.0173. The average molecular weight is 333 g/mol. The van der Waals surface area contributed by atoms with Crippen LogP contribution in [0.3, 0.4) is 0 Å². The maximum atomic E-state index is 12.3. The number of nitrogens with one attached hydrogen (secondary N) is 1. The minimum atomic E-state index is -0.791. The molecule has 0 aliphatic carbocycles. The Balaban J connectivity index is 2.57. The number of amides is 1. The van der Waals surface area contributed by atoms with Gasteiger partial charge in [-0.2, -0.15) is 0 Å². The van der Waals surface area contributed by atoms with Gasteiger partial charge in [-0.1, -0.05) is 36.4 Å². The topological polar surface area (TPSA) is 75.6 Å². The molecular formula is C19H27NO4. The lowest BCUT2D eigenvalue weighted by molar-refractivity contribution is -0.157. The molecule has 0 aliphatic heterocycles. The van der Waals surface area contributed by atoms with Gasteiger partial charge in [-0.15, -0.1) is 6.58 Å². The first-order valence-electron chi connectivity index (χ1n) is 8.06. The third-order valence-electron chi connectivity index (χ3n) is 3.31. The van der Waals surface area contributed by atoms with Crippen LogP contribution in [0.25, 0.3) is 0 Å². The second-order valence-electron chi connectivity index (χ2n) is 6.68. The Morgan fingerprint density at radius 3 is 2.46 bits per heavy atom. The molecule has 0 aromatic heterocycles. The summed E-state index contributed by atoms with van der Waals surface area (Å²) in [5.41, 5.74) is 0.140. The Kier molecular flexibility index (Phi) is 7.65. The van der Waals surface area contributed by atoms with Crippen molar-refractivity contribution in [3.8, 4) is 0 Å². The fraction of sp³-hybridized carbons (Fsp3) is 0.474. The number of hydrogen-bond donors (Lipinski definition) is 2. The summed E-state index contributed by atoms with van der Waals surface area (Å²) in [5, 5.41) is 12.8. The molecule has 0 saturated carbocycles. The van der Waals surface area contributed by atoms with Crippen molar-refractivity contribution < 1.29 is 19.4 Å². The number of esters is 1. The normalized spacial score (nSPS) is 13.7. The predicted octanol–water partition coefficient (Wildman–Crippen LogP) is 2.76. The van der Waals surface area contributed by atoms with E-state index >= 15 is 0 Å². The molecule has 0 bridgehead atoms. The molecule has 0 fully saturated rings. The maximum absolute atomic E-state index is 12.3. The molecule has 0 heterocycles. The molecule has 2 N–H and O–H groups in total. The van der Waals surface area contributed by atoms with Crippen molar-refractivity contribution in [1.82, 2.24) is 5.32 Å². The van der Waals surface area contributed by atoms with Gasteiger partial charge in [0.1, 0.15) is 5.60 Å². The molecule has 0 radical (unpaired) electrons. The van der Waals surface area contributed by atoms with Crippen LogP contribution in [0.1, 0.15) is 45.3 Å². The second-order valence-corrected chi connectivity index (χ2v) is 6.68. The molecule has 24 heavy (non-hydrogen) atoms. The van der Waals surface area contributed by atoms with Crippen molar-refractivity contribution in [1.29, 1.82) is 0 Å². The molecule has 1 unspecified atom stereocenters. The first-order chi connectivity index (χ1) is 11.2. The molecule has 132 valence electrons. The smallest absolute Gasteiger partial charge is 0.307 e. The summed E-state index contributed by atoms with van der Waals surface area (Å²) in [7, 11) is 0. The molecule has 1 rings (SSSR count). The molecule has 0 saturated heterocycles. The van der Waals surface area contributed by atoms with Gasteiger partial charge >= 0.3 is 5.97 Å². The van der Waals surface area contributed by atoms with Crippen LogP contribution in [0.15, 0.2) is 43.0 Å². The standard InChI is InChI=1S/C19H27NO4/c1-5-9-15(12-17(22)24-19(2,3)4)18(23)20-13-16(21)14-10-7-6-8-11-14/h5-8,10-11,15-16,21H,1,9,12-13H2,2-4H3,(H,20,23)/t15?,16-/m0/s1. The molecule has 1 aromatic carbocycles. The van der Waals surface area contributed by atoms with Crippen molar-refractivity contribution in [3.05, 3.63) is 48.6 Å². The third-order valence-corrected chi connectivity index (χ3v) is 3.31. The van der Waals surface area contributed by atoms with E-state index in [0.29, 0.717) is 6.42 Å². The lowest BCUT2D eigenvalue weighted by Gasteiger charge is -2.22. The molecule has 1 amide bonds. The van der Waals surface area contributed by atoms with Crippen molar-refractivity contribution >= 4 is 11.9 Å². The zero-order chi connectivity index (χ0) is 18.2. The van der Waals surface area contributed by atoms with E-state index in [1.165, 1.54) is 0 Å². The largest absolute Gasteiger partial charge is 0.460 e. The maximum Gasteiger partial charge on any atom is 0.307 e. The van der Waals surface area contributed by atoms with E-state index in [1.807, 2.05) is 18.2 Å². The summed E-state index contributed by atoms with van der Waals surface area (Å²) in [6, 6.07) is 9.08. The van der Waals surface area contributed by atoms with E-state index in [2.05, 4.69) is 11.9 Å². The summed E-state index contributed by atoms with van der Waals surface area (Å²) < 4.78 is 5.26. The van der Waals surface area contributed by atoms with E-state index in [1.54, 1.807) is 39.0 Å². The van der Waals surface area contributed by atoms with E-state index in [-0.39, 0.29) is 18.9 Å². The summed E-state index contributed by atoms with van der Waals surface area (Å²) in [6.07, 6.45) is 1.16. The second kappa shape index (κ2) is 9.23. The number of benzene rings is 1. The van der Waals surface area contributed by atoms with Crippen LogP contribution >= 0.6 is 0 Å². The van der Waals surface area contributed by atoms with Crippen LogP contribution in [-0.4, -0.2) is 29.1 Å². The molecule has 1 aromatic rings. The monoisotopic (exact) mass is 333 g/mol. The van der Waals surface area contributed by atoms with Crippen LogP contribution in [0, 0.1) is 5.92 Å². The van der Waals surface area contributed by atoms with E-state index in [4.69, 9.17) is 4.74 Å². The fourth-order valence-corrected chi connectivity index (χ4v) is 2.20. The summed E-state index contributed by atoms with van der Waals surface area (Å²) >= 11 is 0. The van der Waals surface area contributed by atoms with Crippen LogP contribution < -0.4 is 5.32 Å². The highest BCUT2D eigenvalue weighted by Gasteiger charge is 2.25. The van der Waals surface area contributed by atoms with Gasteiger partial charge in [-0.25, -0.2) is 0 Å². The van der Waals surface area contributed by atoms with Gasteiger partial charge in [-0.05, 0) is 32.8 Å². The zero-order valence-corrected chi connectivity index (χ0v) is 14.6. The van der Waals surface area contributed by atoms with E-state index in [0.717, 1.165) is 5.56 Å². The van der Waals surface area contributed by atoms with Gasteiger partial charge in [0.15, 0.2) is 0 Å². The van der Waals surface area contributed by atoms with Gasteiger partial charge in [0.2, 0.25) is 5.91 Å². The van der Waals surface area contributed by atoms with Gasteiger partial charge in [0.25, 0.3) is 0 Å². The minimum Gasteiger partial charge on any atom is -0.460 e. The van der Waals surface area contributed by atoms with Crippen LogP contribution in [0.4, 0.5) is 0 Å². The number of allylic oxidation sites excluding steroid dienone is 1. The lowest BCUT2D eigenvalue weighted by atomic mass is 10.00. The van der Waals surface area contributed by atoms with Crippen LogP contribution in [-0.2, 0) is 14.3 Å². The van der Waals surface area contributed by atoms with Gasteiger partial charge in [0, 0.05) is 6.54 Å². The Hall–Kier alpha value is -2.14. The predicted molar refractivity (Wildman–Crippen MR) is 93.2 cm³/mol. The molecule has 2 atom stereocenters. The number of carbonyl (C=O) groups excluding carboxylic acids is 2. The third kappa shape index (κ3) is 7.42. The highest BCUT2D eigenvalue weighted by Crippen LogP contribution is 2.16. The van der Waals surface area contributed by atoms with E-state index in [9.17, 15) is 14.7 Å². The molecule has 5 nitrogen and oxygen atoms in total. The quantitative estimate of drug-likeness (QED) is 0.566. The van der Waals surface area contributed by atoms with E-state index < -0.39 is 23.6 Å². The molecule has 0 aliphatic rings. The zero-order valence-electron chi connectivity index (χ0n) is 14.6. The molecule has 5 heteroatoms. The SMILES string of the molecule is C=CCC(CC(=O)OC(C)(C)C)C(=O)NC[C@H](O)c1ccccc1. The van der Waals surface area contributed by atoms with Crippen molar-refractivity contribution in [3.63, 3.8) is 0 Å². The summed E-state index contributed by atoms with van der Waals surface area (Å²) in [5.74, 6) is -1.27. The summed E-state index contributed by atoms with van der Waals surface area (Å²) in [4.78, 5) is 24.2. The van der Waals surface area contributed by atoms with Crippen LogP contribution in [0.5, 0.6) is 0 Å². The Morgan fingerprint density at radius 2 is 1.92 bits per heavy atom. The first kappa shape index (κ1) is 19.9. The van der Waals surface area contributed by atoms with Crippen molar-refractivity contribution in [2.75, 3.05) is 6.54 Å². The summed E-state index contributed by atoms with van der Waals surface area (Å²) in [6.45, 7) is 9.06. The Bertz CT molecular complexity index is 548. The molecular weight excluding hydrogens is 306 g/mol. The van der Waals surface area contributed by atoms with Crippen molar-refractivity contribution in [2.24, 2.45) is 5.92 Å². The van der Waals surface area contributed by atoms with Gasteiger partial charge in [-0.3, -0.25) is 9.59 Å². The first-order valence-corrected chi connectivity index (χ1v) is 8.06. The van der Waals surface area contributed by atoms with Crippen LogP contribution in [0.2, 0.25) is 0 Å². The lowest BCUT2D eigenvalue weighted by Crippen LogP contribution is -2.36. The number of carbonyl (C=O) groups is 2. The number of rotatable bonds is 8. The Morgan fingerprint density at radius 1 is 1.29 bits per heavy atom. The fourth-order valence-electron chi connectivity index (χ4n) is 2.20. The average Bonchev–Trinajstić information content (AvgIpc) is 2.51. The van der Waals surface area contributed by atoms with Gasteiger partial charge in [0.05, 0.1) is 18.4 Å². The van der Waals surface area contributed by atoms with Gasteiger partial charge < -0.3 is 15.2 Å². The highest BCUT2D eigenvalue weighted by atomic mass is 16.6. The highest BCUT2D eigenvalue weighted by molar-refractivity contribution is 5.84. The Labute approximate surface area is 143 Å². The number of aliphatic hydroxyl groups excluding tert-OH is 1. The number of ether oxygens (including phenoxy) is 1. The number of aliphatic hydroxyl groups is 1. The van der Waals surface area contributed by atoms with Crippen molar-refractivity contribution in [2.45, 2.75) is 45.3 Å². The number of hydrogen-bond acceptors (Lipinski definition) is 4.